The van der Waals surface area contributed by atoms with Crippen molar-refractivity contribution in [3.05, 3.63) is 58.1 Å². The second-order valence-electron chi connectivity index (χ2n) is 8.68. The lowest BCUT2D eigenvalue weighted by molar-refractivity contribution is -0.125. The summed E-state index contributed by atoms with van der Waals surface area (Å²) in [5, 5.41) is 22.2. The monoisotopic (exact) mass is 551 g/mol. The van der Waals surface area contributed by atoms with E-state index in [1.165, 1.54) is 23.2 Å². The minimum absolute atomic E-state index is 0.0175. The van der Waals surface area contributed by atoms with Gasteiger partial charge in [-0.3, -0.25) is 10.1 Å². The van der Waals surface area contributed by atoms with Gasteiger partial charge in [0.15, 0.2) is 0 Å². The summed E-state index contributed by atoms with van der Waals surface area (Å²) < 4.78 is 29.7. The fraction of sp³-hybridized carbons (Fsp3) is 0.333. The Hall–Kier alpha value is -3.46. The van der Waals surface area contributed by atoms with Gasteiger partial charge in [-0.05, 0) is 37.1 Å². The second-order valence-corrected chi connectivity index (χ2v) is 9.50. The molecule has 0 bridgehead atoms. The van der Waals surface area contributed by atoms with Gasteiger partial charge < -0.3 is 15.8 Å². The fourth-order valence-corrected chi connectivity index (χ4v) is 3.92. The highest BCUT2D eigenvalue weighted by Gasteiger charge is 2.41. The SMILES string of the molecule is CC(C)[C@](C)(NC1CN(C(=NC#N)Nc2cccc(OC(F)F)c2)N=C1c1ccc(Cl)c(Cl)c1)C(N)=O. The summed E-state index contributed by atoms with van der Waals surface area (Å²) in [5.41, 5.74) is 6.08. The number of ether oxygens (including phenoxy) is 1. The number of hydrogen-bond acceptors (Lipinski definition) is 6. The molecule has 2 aromatic rings. The molecule has 1 unspecified atom stereocenters. The number of hydrogen-bond donors (Lipinski definition) is 3. The number of benzene rings is 2. The van der Waals surface area contributed by atoms with E-state index in [1.807, 2.05) is 13.8 Å². The van der Waals surface area contributed by atoms with Crippen LogP contribution in [0.3, 0.4) is 0 Å². The van der Waals surface area contributed by atoms with Crippen molar-refractivity contribution in [1.82, 2.24) is 10.3 Å². The first kappa shape index (κ1) is 28.1. The molecule has 3 rings (SSSR count). The summed E-state index contributed by atoms with van der Waals surface area (Å²) in [5.74, 6) is -0.776. The molecular formula is C24H25Cl2F2N7O2. The van der Waals surface area contributed by atoms with Gasteiger partial charge in [-0.25, -0.2) is 5.01 Å². The number of halogens is 4. The van der Waals surface area contributed by atoms with Crippen molar-refractivity contribution in [2.75, 3.05) is 11.9 Å². The first-order valence-corrected chi connectivity index (χ1v) is 11.9. The predicted molar refractivity (Wildman–Crippen MR) is 139 cm³/mol. The number of rotatable bonds is 8. The maximum absolute atomic E-state index is 12.6. The van der Waals surface area contributed by atoms with E-state index in [0.29, 0.717) is 27.0 Å². The van der Waals surface area contributed by atoms with E-state index in [2.05, 4.69) is 25.5 Å². The number of aliphatic imine (C=N–C) groups is 1. The Labute approximate surface area is 222 Å². The van der Waals surface area contributed by atoms with Gasteiger partial charge in [0.1, 0.15) is 5.75 Å². The third-order valence-electron chi connectivity index (χ3n) is 5.99. The number of primary amides is 1. The summed E-state index contributed by atoms with van der Waals surface area (Å²) in [4.78, 5) is 16.2. The summed E-state index contributed by atoms with van der Waals surface area (Å²) in [6.07, 6.45) is 1.71. The maximum Gasteiger partial charge on any atom is 0.387 e. The predicted octanol–water partition coefficient (Wildman–Crippen LogP) is 4.42. The molecule has 1 aliphatic heterocycles. The Morgan fingerprint density at radius 3 is 2.62 bits per heavy atom. The molecule has 9 nitrogen and oxygen atoms in total. The van der Waals surface area contributed by atoms with Gasteiger partial charge in [0.25, 0.3) is 0 Å². The highest BCUT2D eigenvalue weighted by Crippen LogP contribution is 2.27. The number of guanidine groups is 1. The van der Waals surface area contributed by atoms with Crippen LogP contribution in [-0.4, -0.2) is 47.3 Å². The molecule has 1 amide bonds. The lowest BCUT2D eigenvalue weighted by atomic mass is 9.86. The van der Waals surface area contributed by atoms with Gasteiger partial charge in [0.05, 0.1) is 33.9 Å². The molecule has 2 aromatic carbocycles. The van der Waals surface area contributed by atoms with E-state index in [0.717, 1.165) is 0 Å². The molecule has 2 atom stereocenters. The molecule has 13 heteroatoms. The number of nitriles is 1. The zero-order valence-electron chi connectivity index (χ0n) is 20.2. The van der Waals surface area contributed by atoms with E-state index in [9.17, 15) is 18.8 Å². The number of anilines is 1. The molecule has 0 spiro atoms. The van der Waals surface area contributed by atoms with E-state index >= 15 is 0 Å². The average Bonchev–Trinajstić information content (AvgIpc) is 3.23. The van der Waals surface area contributed by atoms with Crippen molar-refractivity contribution >= 4 is 46.5 Å². The number of carbonyl (C=O) groups excluding carboxylic acids is 1. The largest absolute Gasteiger partial charge is 0.435 e. The number of alkyl halides is 2. The molecule has 0 saturated heterocycles. The number of amides is 1. The van der Waals surface area contributed by atoms with Gasteiger partial charge in [0.2, 0.25) is 18.1 Å². The number of nitrogens with zero attached hydrogens (tertiary/aromatic N) is 4. The van der Waals surface area contributed by atoms with Crippen molar-refractivity contribution in [3.8, 4) is 11.9 Å². The third-order valence-corrected chi connectivity index (χ3v) is 6.72. The molecule has 0 aliphatic carbocycles. The highest BCUT2D eigenvalue weighted by atomic mass is 35.5. The molecule has 0 fully saturated rings. The number of carbonyl (C=O) groups is 1. The Bertz CT molecular complexity index is 1270. The van der Waals surface area contributed by atoms with Gasteiger partial charge >= 0.3 is 6.61 Å². The van der Waals surface area contributed by atoms with Crippen LogP contribution in [0.25, 0.3) is 0 Å². The van der Waals surface area contributed by atoms with Gasteiger partial charge in [-0.15, -0.1) is 4.99 Å². The fourth-order valence-electron chi connectivity index (χ4n) is 3.62. The second kappa shape index (κ2) is 11.7. The van der Waals surface area contributed by atoms with Crippen LogP contribution < -0.4 is 21.1 Å². The van der Waals surface area contributed by atoms with Crippen molar-refractivity contribution in [2.24, 2.45) is 21.7 Å². The van der Waals surface area contributed by atoms with Crippen LogP contribution in [0, 0.1) is 17.4 Å². The van der Waals surface area contributed by atoms with E-state index in [1.54, 1.807) is 37.4 Å². The first-order chi connectivity index (χ1) is 17.4. The quantitative estimate of drug-likeness (QED) is 0.253. The minimum Gasteiger partial charge on any atom is -0.435 e. The topological polar surface area (TPSA) is 128 Å². The van der Waals surface area contributed by atoms with Crippen LogP contribution in [0.5, 0.6) is 5.75 Å². The molecule has 4 N–H and O–H groups in total. The van der Waals surface area contributed by atoms with Crippen molar-refractivity contribution in [3.63, 3.8) is 0 Å². The van der Waals surface area contributed by atoms with Crippen LogP contribution in [0.2, 0.25) is 10.0 Å². The van der Waals surface area contributed by atoms with Gasteiger partial charge in [-0.2, -0.15) is 19.1 Å². The van der Waals surface area contributed by atoms with E-state index in [-0.39, 0.29) is 24.2 Å². The molecule has 0 aromatic heterocycles. The molecule has 1 heterocycles. The standard InChI is InChI=1S/C24H25Cl2F2N7O2/c1-13(2)24(3,21(30)36)33-19-11-35(34-20(19)14-7-8-17(25)18(26)9-14)23(31-12-29)32-15-5-4-6-16(10-15)37-22(27)28/h4-10,13,19,22,33H,11H2,1-3H3,(H2,30,36)(H,31,32)/t19?,24-/m0/s1. The van der Waals surface area contributed by atoms with Crippen LogP contribution in [0.1, 0.15) is 26.3 Å². The number of nitrogens with one attached hydrogen (secondary N) is 2. The summed E-state index contributed by atoms with van der Waals surface area (Å²) in [7, 11) is 0. The van der Waals surface area contributed by atoms with Crippen LogP contribution >= 0.6 is 23.2 Å². The zero-order valence-corrected chi connectivity index (χ0v) is 21.7. The lowest BCUT2D eigenvalue weighted by Gasteiger charge is -2.35. The Balaban J connectivity index is 1.99. The van der Waals surface area contributed by atoms with E-state index in [4.69, 9.17) is 28.9 Å². The third kappa shape index (κ3) is 6.65. The van der Waals surface area contributed by atoms with Crippen molar-refractivity contribution in [1.29, 1.82) is 5.26 Å². The van der Waals surface area contributed by atoms with E-state index < -0.39 is 24.1 Å². The summed E-state index contributed by atoms with van der Waals surface area (Å²) >= 11 is 12.3. The Kier molecular flexibility index (Phi) is 8.91. The summed E-state index contributed by atoms with van der Waals surface area (Å²) in [6.45, 7) is 2.57. The minimum atomic E-state index is -2.99. The van der Waals surface area contributed by atoms with Crippen LogP contribution in [0.15, 0.2) is 52.6 Å². The Morgan fingerprint density at radius 2 is 2.03 bits per heavy atom. The van der Waals surface area contributed by atoms with Crippen molar-refractivity contribution < 1.29 is 18.3 Å². The summed E-state index contributed by atoms with van der Waals surface area (Å²) in [6, 6.07) is 10.2. The zero-order chi connectivity index (χ0) is 27.3. The molecule has 0 radical (unpaired) electrons. The average molecular weight is 552 g/mol. The smallest absolute Gasteiger partial charge is 0.387 e. The molecule has 1 aliphatic rings. The van der Waals surface area contributed by atoms with Crippen molar-refractivity contribution in [2.45, 2.75) is 39.0 Å². The Morgan fingerprint density at radius 1 is 1.30 bits per heavy atom. The lowest BCUT2D eigenvalue weighted by Crippen LogP contribution is -2.62. The van der Waals surface area contributed by atoms with Gasteiger partial charge in [-0.1, -0.05) is 49.2 Å². The maximum atomic E-state index is 12.6. The van der Waals surface area contributed by atoms with Gasteiger partial charge in [0, 0.05) is 17.3 Å². The molecular weight excluding hydrogens is 527 g/mol. The number of hydrazone groups is 1. The highest BCUT2D eigenvalue weighted by molar-refractivity contribution is 6.42. The van der Waals surface area contributed by atoms with Crippen LogP contribution in [0.4, 0.5) is 14.5 Å². The van der Waals surface area contributed by atoms with Crippen LogP contribution in [-0.2, 0) is 4.79 Å². The molecule has 196 valence electrons. The first-order valence-electron chi connectivity index (χ1n) is 11.1. The number of nitrogens with two attached hydrogens (primary N) is 1. The molecule has 0 saturated carbocycles. The normalized spacial score (nSPS) is 17.4. The molecule has 37 heavy (non-hydrogen) atoms.